The van der Waals surface area contributed by atoms with Gasteiger partial charge in [-0.1, -0.05) is 48.5 Å². The Hall–Kier alpha value is -4.44. The molecule has 174 valence electrons. The van der Waals surface area contributed by atoms with Gasteiger partial charge in [0.25, 0.3) is 11.5 Å². The van der Waals surface area contributed by atoms with E-state index in [1.165, 1.54) is 29.1 Å². The van der Waals surface area contributed by atoms with Crippen LogP contribution in [0.5, 0.6) is 0 Å². The number of ether oxygens (including phenoxy) is 1. The number of nitrogens with zero attached hydrogens (tertiary/aromatic N) is 4. The smallest absolute Gasteiger partial charge is 0.330 e. The monoisotopic (exact) mass is 460 g/mol. The zero-order valence-electron chi connectivity index (χ0n) is 18.5. The van der Waals surface area contributed by atoms with Crippen molar-refractivity contribution in [1.82, 2.24) is 19.1 Å². The van der Waals surface area contributed by atoms with Crippen LogP contribution >= 0.6 is 0 Å². The molecule has 2 aromatic heterocycles. The SMILES string of the molecule is COCCN(C(=O)c1cncn1-c1ccccc1)c1c(N)n(Cc2ccccc2)c(=O)[nH]c1=O. The van der Waals surface area contributed by atoms with Gasteiger partial charge in [0.2, 0.25) is 0 Å². The lowest BCUT2D eigenvalue weighted by atomic mass is 10.2. The van der Waals surface area contributed by atoms with Crippen LogP contribution in [0.15, 0.2) is 82.8 Å². The number of benzene rings is 2. The predicted octanol–water partition coefficient (Wildman–Crippen LogP) is 1.65. The molecule has 1 amide bonds. The molecule has 0 bridgehead atoms. The Balaban J connectivity index is 1.81. The molecule has 0 atom stereocenters. The van der Waals surface area contributed by atoms with Crippen LogP contribution in [-0.4, -0.2) is 45.3 Å². The number of para-hydroxylation sites is 1. The van der Waals surface area contributed by atoms with Gasteiger partial charge in [-0.25, -0.2) is 9.78 Å². The van der Waals surface area contributed by atoms with Gasteiger partial charge in [0.05, 0.1) is 25.7 Å². The van der Waals surface area contributed by atoms with Crippen molar-refractivity contribution >= 4 is 17.4 Å². The van der Waals surface area contributed by atoms with Crippen LogP contribution < -0.4 is 21.9 Å². The van der Waals surface area contributed by atoms with Crippen molar-refractivity contribution < 1.29 is 9.53 Å². The molecule has 0 unspecified atom stereocenters. The number of methoxy groups -OCH3 is 1. The first-order valence-electron chi connectivity index (χ1n) is 10.6. The lowest BCUT2D eigenvalue weighted by Gasteiger charge is -2.24. The maximum Gasteiger partial charge on any atom is 0.330 e. The zero-order valence-corrected chi connectivity index (χ0v) is 18.5. The van der Waals surface area contributed by atoms with E-state index in [0.29, 0.717) is 0 Å². The van der Waals surface area contributed by atoms with Gasteiger partial charge in [-0.2, -0.15) is 0 Å². The second kappa shape index (κ2) is 10.0. The predicted molar refractivity (Wildman–Crippen MR) is 128 cm³/mol. The van der Waals surface area contributed by atoms with E-state index in [1.807, 2.05) is 60.7 Å². The van der Waals surface area contributed by atoms with Crippen molar-refractivity contribution in [2.45, 2.75) is 6.54 Å². The highest BCUT2D eigenvalue weighted by molar-refractivity contribution is 6.06. The second-order valence-corrected chi connectivity index (χ2v) is 7.50. The molecule has 0 radical (unpaired) electrons. The van der Waals surface area contributed by atoms with Crippen LogP contribution in [0.2, 0.25) is 0 Å². The Kier molecular flexibility index (Phi) is 6.69. The number of aromatic amines is 1. The quantitative estimate of drug-likeness (QED) is 0.411. The first kappa shape index (κ1) is 22.7. The maximum atomic E-state index is 13.7. The Morgan fingerprint density at radius 2 is 1.76 bits per heavy atom. The van der Waals surface area contributed by atoms with Gasteiger partial charge in [0.1, 0.15) is 11.5 Å². The fourth-order valence-electron chi connectivity index (χ4n) is 3.64. The van der Waals surface area contributed by atoms with Crippen LogP contribution in [-0.2, 0) is 11.3 Å². The normalized spacial score (nSPS) is 10.9. The van der Waals surface area contributed by atoms with Crippen LogP contribution in [0.4, 0.5) is 11.5 Å². The Morgan fingerprint density at radius 1 is 1.09 bits per heavy atom. The average molecular weight is 460 g/mol. The number of carbonyl (C=O) groups excluding carboxylic acids is 1. The fraction of sp³-hybridized carbons (Fsp3) is 0.167. The van der Waals surface area contributed by atoms with E-state index in [0.717, 1.165) is 11.3 Å². The standard InChI is InChI=1S/C24H24N6O4/c1-34-13-12-28(23(32)19-14-26-16-30(19)18-10-6-3-7-11-18)20-21(25)29(24(33)27-22(20)31)15-17-8-4-2-5-9-17/h2-11,14,16H,12-13,15,25H2,1H3,(H,27,31,33). The minimum atomic E-state index is -0.762. The third-order valence-electron chi connectivity index (χ3n) is 5.32. The number of nitrogens with two attached hydrogens (primary N) is 1. The number of aromatic nitrogens is 4. The fourth-order valence-corrected chi connectivity index (χ4v) is 3.64. The summed E-state index contributed by atoms with van der Waals surface area (Å²) in [6, 6.07) is 18.4. The summed E-state index contributed by atoms with van der Waals surface area (Å²) in [6.07, 6.45) is 2.93. The van der Waals surface area contributed by atoms with Gasteiger partial charge < -0.3 is 10.5 Å². The molecular formula is C24H24N6O4. The van der Waals surface area contributed by atoms with Crippen molar-refractivity contribution in [3.8, 4) is 5.69 Å². The molecule has 34 heavy (non-hydrogen) atoms. The first-order chi connectivity index (χ1) is 16.5. The summed E-state index contributed by atoms with van der Waals surface area (Å²) < 4.78 is 8.02. The van der Waals surface area contributed by atoms with Crippen molar-refractivity contribution in [1.29, 1.82) is 0 Å². The highest BCUT2D eigenvalue weighted by atomic mass is 16.5. The van der Waals surface area contributed by atoms with Crippen molar-refractivity contribution in [3.05, 3.63) is 105 Å². The molecule has 0 saturated carbocycles. The van der Waals surface area contributed by atoms with Gasteiger partial charge in [-0.15, -0.1) is 0 Å². The molecular weight excluding hydrogens is 436 g/mol. The lowest BCUT2D eigenvalue weighted by Crippen LogP contribution is -2.43. The highest BCUT2D eigenvalue weighted by Crippen LogP contribution is 2.21. The molecule has 2 heterocycles. The van der Waals surface area contributed by atoms with Crippen LogP contribution in [0.3, 0.4) is 0 Å². The number of rotatable bonds is 8. The maximum absolute atomic E-state index is 13.7. The molecule has 0 aliphatic carbocycles. The summed E-state index contributed by atoms with van der Waals surface area (Å²) >= 11 is 0. The second-order valence-electron chi connectivity index (χ2n) is 7.50. The number of nitrogen functional groups attached to an aromatic ring is 1. The largest absolute Gasteiger partial charge is 0.383 e. The molecule has 0 aliphatic heterocycles. The van der Waals surface area contributed by atoms with Crippen molar-refractivity contribution in [2.24, 2.45) is 0 Å². The van der Waals surface area contributed by atoms with E-state index in [4.69, 9.17) is 10.5 Å². The number of imidazole rings is 1. The van der Waals surface area contributed by atoms with E-state index >= 15 is 0 Å². The number of nitrogens with one attached hydrogen (secondary N) is 1. The molecule has 4 aromatic rings. The molecule has 10 heteroatoms. The van der Waals surface area contributed by atoms with Crippen LogP contribution in [0.1, 0.15) is 16.1 Å². The number of hydrogen-bond donors (Lipinski definition) is 2. The molecule has 0 fully saturated rings. The van der Waals surface area contributed by atoms with E-state index in [1.54, 1.807) is 4.57 Å². The number of H-pyrrole nitrogens is 1. The minimum absolute atomic E-state index is 0.0339. The van der Waals surface area contributed by atoms with Gasteiger partial charge in [-0.3, -0.25) is 28.6 Å². The zero-order chi connectivity index (χ0) is 24.1. The topological polar surface area (TPSA) is 128 Å². The molecule has 0 spiro atoms. The lowest BCUT2D eigenvalue weighted by molar-refractivity contribution is 0.0969. The van der Waals surface area contributed by atoms with Gasteiger partial charge in [-0.05, 0) is 17.7 Å². The average Bonchev–Trinajstić information content (AvgIpc) is 3.34. The molecule has 10 nitrogen and oxygen atoms in total. The van der Waals surface area contributed by atoms with Crippen LogP contribution in [0, 0.1) is 0 Å². The third-order valence-corrected chi connectivity index (χ3v) is 5.32. The number of carbonyl (C=O) groups is 1. The van der Waals surface area contributed by atoms with E-state index in [2.05, 4.69) is 9.97 Å². The Morgan fingerprint density at radius 3 is 2.44 bits per heavy atom. The summed E-state index contributed by atoms with van der Waals surface area (Å²) in [7, 11) is 1.49. The first-order valence-corrected chi connectivity index (χ1v) is 10.6. The summed E-state index contributed by atoms with van der Waals surface area (Å²) in [6.45, 7) is 0.303. The minimum Gasteiger partial charge on any atom is -0.383 e. The van der Waals surface area contributed by atoms with E-state index in [-0.39, 0.29) is 36.9 Å². The molecule has 4 rings (SSSR count). The van der Waals surface area contributed by atoms with E-state index in [9.17, 15) is 14.4 Å². The molecule has 3 N–H and O–H groups in total. The number of anilines is 2. The van der Waals surface area contributed by atoms with Crippen molar-refractivity contribution in [2.75, 3.05) is 30.9 Å². The Bertz CT molecular complexity index is 1390. The summed E-state index contributed by atoms with van der Waals surface area (Å²) in [4.78, 5) is 46.8. The molecule has 2 aromatic carbocycles. The van der Waals surface area contributed by atoms with Gasteiger partial charge >= 0.3 is 5.69 Å². The van der Waals surface area contributed by atoms with Gasteiger partial charge in [0, 0.05) is 19.3 Å². The van der Waals surface area contributed by atoms with Crippen LogP contribution in [0.25, 0.3) is 5.69 Å². The molecule has 0 aliphatic rings. The van der Waals surface area contributed by atoms with E-state index < -0.39 is 17.2 Å². The summed E-state index contributed by atoms with van der Waals surface area (Å²) in [5, 5.41) is 0. The highest BCUT2D eigenvalue weighted by Gasteiger charge is 2.27. The summed E-state index contributed by atoms with van der Waals surface area (Å²) in [5.41, 5.74) is 6.54. The molecule has 0 saturated heterocycles. The van der Waals surface area contributed by atoms with Gasteiger partial charge in [0.15, 0.2) is 5.69 Å². The Labute approximate surface area is 194 Å². The third kappa shape index (κ3) is 4.52. The number of hydrogen-bond acceptors (Lipinski definition) is 6. The number of amides is 1. The summed E-state index contributed by atoms with van der Waals surface area (Å²) in [5.74, 6) is -0.631. The van der Waals surface area contributed by atoms with Crippen molar-refractivity contribution in [3.63, 3.8) is 0 Å².